The lowest BCUT2D eigenvalue weighted by Gasteiger charge is -2.30. The van der Waals surface area contributed by atoms with Crippen molar-refractivity contribution in [3.8, 4) is 0 Å². The molecule has 0 aromatic carbocycles. The van der Waals surface area contributed by atoms with Crippen LogP contribution in [0.4, 0.5) is 0 Å². The molecule has 0 spiro atoms. The molecule has 0 aliphatic carbocycles. The van der Waals surface area contributed by atoms with E-state index < -0.39 is 0 Å². The Balaban J connectivity index is 2.17. The molecule has 4 heteroatoms. The average molecular weight is 325 g/mol. The third-order valence-electron chi connectivity index (χ3n) is 2.44. The van der Waals surface area contributed by atoms with E-state index in [1.54, 1.807) is 0 Å². The zero-order chi connectivity index (χ0) is 13.8. The predicted octanol–water partition coefficient (Wildman–Crippen LogP) is 5.27. The van der Waals surface area contributed by atoms with Crippen molar-refractivity contribution < 1.29 is 0 Å². The third-order valence-corrected chi connectivity index (χ3v) is 8.95. The highest BCUT2D eigenvalue weighted by molar-refractivity contribution is 8.09. The summed E-state index contributed by atoms with van der Waals surface area (Å²) in [5, 5.41) is 1.74. The molecular formula is C14H28S4. The molecule has 2 atom stereocenters. The maximum atomic E-state index is 2.32. The van der Waals surface area contributed by atoms with Gasteiger partial charge in [-0.05, 0) is 0 Å². The van der Waals surface area contributed by atoms with E-state index in [0.29, 0.717) is 9.49 Å². The second kappa shape index (κ2) is 7.42. The van der Waals surface area contributed by atoms with Crippen molar-refractivity contribution in [1.29, 1.82) is 0 Å². The molecule has 0 N–H and O–H groups in total. The van der Waals surface area contributed by atoms with E-state index in [0.717, 1.165) is 10.5 Å². The van der Waals surface area contributed by atoms with Gasteiger partial charge in [-0.25, -0.2) is 0 Å². The van der Waals surface area contributed by atoms with Gasteiger partial charge in [0.25, 0.3) is 0 Å². The normalized spacial score (nSPS) is 26.3. The molecule has 0 saturated carbocycles. The van der Waals surface area contributed by atoms with E-state index in [1.807, 2.05) is 0 Å². The Morgan fingerprint density at radius 1 is 0.778 bits per heavy atom. The largest absolute Gasteiger partial charge is 0.156 e. The van der Waals surface area contributed by atoms with Crippen molar-refractivity contribution in [3.05, 3.63) is 0 Å². The molecule has 1 rings (SSSR count). The molecule has 2 unspecified atom stereocenters. The molecule has 1 aliphatic heterocycles. The average Bonchev–Trinajstić information content (AvgIpc) is 2.23. The quantitative estimate of drug-likeness (QED) is 0.691. The molecule has 1 heterocycles. The summed E-state index contributed by atoms with van der Waals surface area (Å²) in [7, 11) is 0. The van der Waals surface area contributed by atoms with Crippen LogP contribution in [0.15, 0.2) is 0 Å². The second-order valence-electron chi connectivity index (χ2n) is 6.76. The first-order valence-corrected chi connectivity index (χ1v) is 10.7. The van der Waals surface area contributed by atoms with Gasteiger partial charge >= 0.3 is 0 Å². The van der Waals surface area contributed by atoms with E-state index in [2.05, 4.69) is 88.6 Å². The van der Waals surface area contributed by atoms with E-state index in [1.165, 1.54) is 23.0 Å². The molecule has 0 bridgehead atoms. The summed E-state index contributed by atoms with van der Waals surface area (Å²) >= 11 is 8.65. The van der Waals surface area contributed by atoms with E-state index in [4.69, 9.17) is 0 Å². The first kappa shape index (κ1) is 17.5. The van der Waals surface area contributed by atoms with Gasteiger partial charge in [-0.3, -0.25) is 0 Å². The Bertz CT molecular complexity index is 205. The van der Waals surface area contributed by atoms with Crippen LogP contribution in [0.2, 0.25) is 0 Å². The lowest BCUT2D eigenvalue weighted by atomic mass is 10.3. The molecular weight excluding hydrogens is 296 g/mol. The number of hydrogen-bond donors (Lipinski definition) is 0. The second-order valence-corrected chi connectivity index (χ2v) is 13.1. The molecule has 108 valence electrons. The van der Waals surface area contributed by atoms with Crippen LogP contribution in [0.3, 0.4) is 0 Å². The maximum Gasteiger partial charge on any atom is 0.0229 e. The van der Waals surface area contributed by atoms with Gasteiger partial charge in [-0.15, -0.1) is 0 Å². The van der Waals surface area contributed by atoms with Gasteiger partial charge < -0.3 is 0 Å². The van der Waals surface area contributed by atoms with Crippen LogP contribution >= 0.6 is 47.0 Å². The molecule has 0 amide bonds. The predicted molar refractivity (Wildman–Crippen MR) is 96.9 cm³/mol. The third kappa shape index (κ3) is 8.55. The summed E-state index contributed by atoms with van der Waals surface area (Å²) in [6, 6.07) is 0. The first-order valence-electron chi connectivity index (χ1n) is 6.67. The highest BCUT2D eigenvalue weighted by atomic mass is 32.2. The molecule has 18 heavy (non-hydrogen) atoms. The highest BCUT2D eigenvalue weighted by Gasteiger charge is 2.25. The van der Waals surface area contributed by atoms with Crippen molar-refractivity contribution in [2.45, 2.75) is 61.5 Å². The van der Waals surface area contributed by atoms with Gasteiger partial charge in [-0.1, -0.05) is 41.5 Å². The van der Waals surface area contributed by atoms with E-state index >= 15 is 0 Å². The summed E-state index contributed by atoms with van der Waals surface area (Å²) in [5.41, 5.74) is 0. The molecule has 1 saturated heterocycles. The Morgan fingerprint density at radius 2 is 1.11 bits per heavy atom. The highest BCUT2D eigenvalue weighted by Crippen LogP contribution is 2.37. The maximum absolute atomic E-state index is 2.32. The molecule has 1 fully saturated rings. The number of hydrogen-bond acceptors (Lipinski definition) is 4. The first-order chi connectivity index (χ1) is 8.16. The van der Waals surface area contributed by atoms with Gasteiger partial charge in [-0.2, -0.15) is 47.0 Å². The van der Waals surface area contributed by atoms with Gasteiger partial charge in [0.05, 0.1) is 0 Å². The topological polar surface area (TPSA) is 0 Å². The minimum absolute atomic E-state index is 0.421. The lowest BCUT2D eigenvalue weighted by molar-refractivity contribution is 0.799. The number of rotatable bonds is 4. The van der Waals surface area contributed by atoms with E-state index in [9.17, 15) is 0 Å². The molecule has 0 radical (unpaired) electrons. The Kier molecular flexibility index (Phi) is 7.19. The van der Waals surface area contributed by atoms with Crippen molar-refractivity contribution in [2.24, 2.45) is 0 Å². The van der Waals surface area contributed by atoms with Crippen molar-refractivity contribution in [1.82, 2.24) is 0 Å². The Labute approximate surface area is 131 Å². The van der Waals surface area contributed by atoms with Crippen LogP contribution in [0.5, 0.6) is 0 Å². The molecule has 0 aromatic rings. The summed E-state index contributed by atoms with van der Waals surface area (Å²) in [4.78, 5) is 0. The van der Waals surface area contributed by atoms with Gasteiger partial charge in [0.1, 0.15) is 0 Å². The van der Waals surface area contributed by atoms with Crippen LogP contribution in [0.25, 0.3) is 0 Å². The van der Waals surface area contributed by atoms with Crippen LogP contribution in [-0.4, -0.2) is 43.0 Å². The lowest BCUT2D eigenvalue weighted by Crippen LogP contribution is -2.27. The van der Waals surface area contributed by atoms with Crippen molar-refractivity contribution in [2.75, 3.05) is 23.0 Å². The summed E-state index contributed by atoms with van der Waals surface area (Å²) in [6.07, 6.45) is 0. The zero-order valence-corrected chi connectivity index (χ0v) is 15.9. The van der Waals surface area contributed by atoms with Crippen LogP contribution < -0.4 is 0 Å². The van der Waals surface area contributed by atoms with Crippen molar-refractivity contribution in [3.63, 3.8) is 0 Å². The fourth-order valence-electron chi connectivity index (χ4n) is 1.46. The van der Waals surface area contributed by atoms with Gasteiger partial charge in [0.2, 0.25) is 0 Å². The van der Waals surface area contributed by atoms with Crippen LogP contribution in [-0.2, 0) is 0 Å². The van der Waals surface area contributed by atoms with Crippen LogP contribution in [0.1, 0.15) is 41.5 Å². The monoisotopic (exact) mass is 324 g/mol. The fourth-order valence-corrected chi connectivity index (χ4v) is 7.00. The van der Waals surface area contributed by atoms with Gasteiger partial charge in [0, 0.05) is 43.0 Å². The molecule has 1 aliphatic rings. The van der Waals surface area contributed by atoms with Crippen molar-refractivity contribution >= 4 is 47.0 Å². The smallest absolute Gasteiger partial charge is 0.0229 e. The summed E-state index contributed by atoms with van der Waals surface area (Å²) < 4.78 is 0.842. The van der Waals surface area contributed by atoms with Gasteiger partial charge in [0.15, 0.2) is 0 Å². The van der Waals surface area contributed by atoms with Crippen LogP contribution in [0, 0.1) is 0 Å². The summed E-state index contributed by atoms with van der Waals surface area (Å²) in [6.45, 7) is 13.9. The molecule has 0 aromatic heterocycles. The summed E-state index contributed by atoms with van der Waals surface area (Å²) in [5.74, 6) is 5.34. The fraction of sp³-hybridized carbons (Fsp3) is 1.00. The SMILES string of the molecule is CC(C)(C)SCC1CSC(CSC(C)(C)C)CS1. The Hall–Kier alpha value is 1.40. The number of thioether (sulfide) groups is 4. The minimum Gasteiger partial charge on any atom is -0.156 e. The minimum atomic E-state index is 0.421. The Morgan fingerprint density at radius 3 is 1.33 bits per heavy atom. The standard InChI is InChI=1S/C14H28S4/c1-13(2,3)17-9-11-7-16-12(8-15-11)10-18-14(4,5)6/h11-12H,7-10H2,1-6H3. The van der Waals surface area contributed by atoms with E-state index in [-0.39, 0.29) is 0 Å². The molecule has 0 nitrogen and oxygen atoms in total. The zero-order valence-electron chi connectivity index (χ0n) is 12.6.